The zero-order chi connectivity index (χ0) is 14.7. The Bertz CT molecular complexity index is 513. The zero-order valence-electron chi connectivity index (χ0n) is 10.6. The summed E-state index contributed by atoms with van der Waals surface area (Å²) < 4.78 is 0.780. The molecule has 1 aliphatic heterocycles. The lowest BCUT2D eigenvalue weighted by Crippen LogP contribution is -2.39. The lowest BCUT2D eigenvalue weighted by atomic mass is 10.2. The van der Waals surface area contributed by atoms with Gasteiger partial charge in [0.05, 0.1) is 18.8 Å². The molecular formula is C13H15BrN2O4. The van der Waals surface area contributed by atoms with Gasteiger partial charge in [-0.1, -0.05) is 22.0 Å². The van der Waals surface area contributed by atoms with Crippen LogP contribution in [-0.2, 0) is 4.79 Å². The molecule has 2 atom stereocenters. The fourth-order valence-electron chi connectivity index (χ4n) is 1.97. The van der Waals surface area contributed by atoms with Crippen LogP contribution < -0.4 is 5.32 Å². The van der Waals surface area contributed by atoms with Crippen molar-refractivity contribution in [1.29, 1.82) is 0 Å². The fraction of sp³-hybridized carbons (Fsp3) is 0.385. The summed E-state index contributed by atoms with van der Waals surface area (Å²) >= 11 is 3.27. The Kier molecular flexibility index (Phi) is 4.74. The van der Waals surface area contributed by atoms with Gasteiger partial charge in [-0.2, -0.15) is 0 Å². The molecule has 2 amide bonds. The normalized spacial score (nSPS) is 21.9. The molecule has 0 bridgehead atoms. The topological polar surface area (TPSA) is 89.9 Å². The van der Waals surface area contributed by atoms with Gasteiger partial charge in [0.25, 0.3) is 5.91 Å². The lowest BCUT2D eigenvalue weighted by molar-refractivity contribution is -0.129. The lowest BCUT2D eigenvalue weighted by Gasteiger charge is -2.15. The van der Waals surface area contributed by atoms with Crippen molar-refractivity contribution in [1.82, 2.24) is 10.2 Å². The van der Waals surface area contributed by atoms with Crippen LogP contribution in [0.4, 0.5) is 0 Å². The predicted octanol–water partition coefficient (Wildman–Crippen LogP) is -0.257. The molecule has 0 radical (unpaired) electrons. The molecule has 0 unspecified atom stereocenters. The summed E-state index contributed by atoms with van der Waals surface area (Å²) in [6.07, 6.45) is -1.83. The first-order valence-corrected chi connectivity index (χ1v) is 6.94. The van der Waals surface area contributed by atoms with Crippen LogP contribution in [0.25, 0.3) is 0 Å². The van der Waals surface area contributed by atoms with Gasteiger partial charge in [0, 0.05) is 23.1 Å². The molecule has 1 aromatic rings. The summed E-state index contributed by atoms with van der Waals surface area (Å²) in [6.45, 7) is 0.0182. The molecule has 1 aliphatic rings. The Morgan fingerprint density at radius 3 is 2.55 bits per heavy atom. The number of benzene rings is 1. The molecule has 0 spiro atoms. The van der Waals surface area contributed by atoms with Crippen LogP contribution in [0.15, 0.2) is 28.7 Å². The van der Waals surface area contributed by atoms with Gasteiger partial charge in [0.1, 0.15) is 0 Å². The van der Waals surface area contributed by atoms with Gasteiger partial charge in [-0.3, -0.25) is 9.59 Å². The second kappa shape index (κ2) is 6.34. The van der Waals surface area contributed by atoms with Crippen LogP contribution >= 0.6 is 15.9 Å². The van der Waals surface area contributed by atoms with Crippen molar-refractivity contribution in [2.24, 2.45) is 0 Å². The molecule has 3 N–H and O–H groups in total. The zero-order valence-corrected chi connectivity index (χ0v) is 12.2. The number of aliphatic hydroxyl groups is 2. The highest BCUT2D eigenvalue weighted by molar-refractivity contribution is 9.10. The van der Waals surface area contributed by atoms with Crippen LogP contribution in [0.3, 0.4) is 0 Å². The van der Waals surface area contributed by atoms with Gasteiger partial charge in [-0.15, -0.1) is 0 Å². The Labute approximate surface area is 124 Å². The first kappa shape index (κ1) is 15.0. The van der Waals surface area contributed by atoms with E-state index in [1.165, 1.54) is 4.90 Å². The van der Waals surface area contributed by atoms with E-state index in [0.717, 1.165) is 4.47 Å². The fourth-order valence-corrected chi connectivity index (χ4v) is 2.37. The van der Waals surface area contributed by atoms with Crippen molar-refractivity contribution in [3.05, 3.63) is 34.3 Å². The molecule has 7 heteroatoms. The maximum absolute atomic E-state index is 11.8. The van der Waals surface area contributed by atoms with Crippen molar-refractivity contribution in [2.75, 3.05) is 19.6 Å². The number of carbonyl (C=O) groups is 2. The Morgan fingerprint density at radius 1 is 1.30 bits per heavy atom. The number of nitrogens with zero attached hydrogens (tertiary/aromatic N) is 1. The van der Waals surface area contributed by atoms with Crippen LogP contribution in [0.2, 0.25) is 0 Å². The number of likely N-dealkylation sites (tertiary alicyclic amines) is 1. The number of halogens is 1. The number of amides is 2. The minimum absolute atomic E-state index is 0.0900. The van der Waals surface area contributed by atoms with Gasteiger partial charge in [0.15, 0.2) is 0 Å². The van der Waals surface area contributed by atoms with E-state index in [2.05, 4.69) is 21.2 Å². The maximum atomic E-state index is 11.8. The molecule has 1 saturated heterocycles. The molecule has 108 valence electrons. The molecule has 1 aromatic carbocycles. The largest absolute Gasteiger partial charge is 0.388 e. The number of nitrogens with one attached hydrogen (secondary N) is 1. The summed E-state index contributed by atoms with van der Waals surface area (Å²) in [5, 5.41) is 21.3. The third-order valence-corrected chi connectivity index (χ3v) is 3.59. The second-order valence-corrected chi connectivity index (χ2v) is 5.54. The van der Waals surface area contributed by atoms with E-state index in [9.17, 15) is 19.8 Å². The minimum atomic E-state index is -0.917. The summed E-state index contributed by atoms with van der Waals surface area (Å²) in [7, 11) is 0. The number of hydrogen-bond donors (Lipinski definition) is 3. The van der Waals surface area contributed by atoms with E-state index in [1.807, 2.05) is 0 Å². The molecule has 0 saturated carbocycles. The number of β-amino-alcohol motifs (C(OH)–C–C–N with tert-alkyl or cyclic N) is 2. The predicted molar refractivity (Wildman–Crippen MR) is 75.1 cm³/mol. The van der Waals surface area contributed by atoms with Crippen molar-refractivity contribution in [3.63, 3.8) is 0 Å². The average Bonchev–Trinajstić information content (AvgIpc) is 2.76. The molecule has 1 fully saturated rings. The number of hydrogen-bond acceptors (Lipinski definition) is 4. The van der Waals surface area contributed by atoms with E-state index in [4.69, 9.17) is 0 Å². The third kappa shape index (κ3) is 3.56. The van der Waals surface area contributed by atoms with Crippen LogP contribution in [-0.4, -0.2) is 58.8 Å². The van der Waals surface area contributed by atoms with E-state index in [1.54, 1.807) is 24.3 Å². The Morgan fingerprint density at radius 2 is 1.95 bits per heavy atom. The van der Waals surface area contributed by atoms with Gasteiger partial charge in [-0.25, -0.2) is 0 Å². The van der Waals surface area contributed by atoms with Gasteiger partial charge < -0.3 is 20.4 Å². The Hall–Kier alpha value is -1.44. The number of carbonyl (C=O) groups excluding carboxylic acids is 2. The van der Waals surface area contributed by atoms with Gasteiger partial charge in [0.2, 0.25) is 5.91 Å². The molecule has 0 aliphatic carbocycles. The second-order valence-electron chi connectivity index (χ2n) is 4.63. The standard InChI is InChI=1S/C13H15BrN2O4/c14-9-3-1-2-8(4-9)13(20)15-5-12(19)16-6-10(17)11(18)7-16/h1-4,10-11,17-18H,5-7H2,(H,15,20)/t10-,11+. The highest BCUT2D eigenvalue weighted by Gasteiger charge is 2.32. The average molecular weight is 343 g/mol. The summed E-state index contributed by atoms with van der Waals surface area (Å²) in [6, 6.07) is 6.83. The highest BCUT2D eigenvalue weighted by Crippen LogP contribution is 2.12. The van der Waals surface area contributed by atoms with Crippen LogP contribution in [0, 0.1) is 0 Å². The number of rotatable bonds is 3. The van der Waals surface area contributed by atoms with Crippen molar-refractivity contribution in [2.45, 2.75) is 12.2 Å². The quantitative estimate of drug-likeness (QED) is 0.706. The van der Waals surface area contributed by atoms with E-state index >= 15 is 0 Å². The molecule has 2 rings (SSSR count). The number of aliphatic hydroxyl groups excluding tert-OH is 2. The summed E-state index contributed by atoms with van der Waals surface area (Å²) in [5.41, 5.74) is 0.452. The summed E-state index contributed by atoms with van der Waals surface area (Å²) in [5.74, 6) is -0.677. The monoisotopic (exact) mass is 342 g/mol. The van der Waals surface area contributed by atoms with E-state index in [-0.39, 0.29) is 31.4 Å². The summed E-state index contributed by atoms with van der Waals surface area (Å²) in [4.78, 5) is 25.0. The molecular weight excluding hydrogens is 328 g/mol. The smallest absolute Gasteiger partial charge is 0.251 e. The van der Waals surface area contributed by atoms with Gasteiger partial charge >= 0.3 is 0 Å². The molecule has 6 nitrogen and oxygen atoms in total. The van der Waals surface area contributed by atoms with E-state index < -0.39 is 12.2 Å². The highest BCUT2D eigenvalue weighted by atomic mass is 79.9. The Balaban J connectivity index is 1.86. The first-order valence-electron chi connectivity index (χ1n) is 6.15. The molecule has 0 aromatic heterocycles. The maximum Gasteiger partial charge on any atom is 0.251 e. The van der Waals surface area contributed by atoms with Crippen molar-refractivity contribution in [3.8, 4) is 0 Å². The van der Waals surface area contributed by atoms with Gasteiger partial charge in [-0.05, 0) is 18.2 Å². The first-order chi connectivity index (χ1) is 9.47. The SMILES string of the molecule is O=C(NCC(=O)N1C[C@@H](O)[C@@H](O)C1)c1cccc(Br)c1. The molecule has 20 heavy (non-hydrogen) atoms. The minimum Gasteiger partial charge on any atom is -0.388 e. The molecule has 1 heterocycles. The third-order valence-electron chi connectivity index (χ3n) is 3.10. The van der Waals surface area contributed by atoms with E-state index in [0.29, 0.717) is 5.56 Å². The van der Waals surface area contributed by atoms with Crippen molar-refractivity contribution < 1.29 is 19.8 Å². The van der Waals surface area contributed by atoms with Crippen LogP contribution in [0.5, 0.6) is 0 Å². The van der Waals surface area contributed by atoms with Crippen molar-refractivity contribution >= 4 is 27.7 Å². The van der Waals surface area contributed by atoms with Crippen LogP contribution in [0.1, 0.15) is 10.4 Å².